The Morgan fingerprint density at radius 3 is 2.63 bits per heavy atom. The monoisotopic (exact) mass is 374 g/mol. The maximum Gasteiger partial charge on any atom is 0.408 e. The molecule has 3 rings (SSSR count). The number of piperidine rings is 1. The van der Waals surface area contributed by atoms with E-state index in [-0.39, 0.29) is 17.6 Å². The molecule has 1 aromatic carbocycles. The van der Waals surface area contributed by atoms with E-state index in [0.717, 1.165) is 37.7 Å². The first kappa shape index (κ1) is 19.7. The van der Waals surface area contributed by atoms with Crippen molar-refractivity contribution in [2.24, 2.45) is 5.92 Å². The summed E-state index contributed by atoms with van der Waals surface area (Å²) in [5.41, 5.74) is 1.42. The maximum absolute atomic E-state index is 11.9. The van der Waals surface area contributed by atoms with Crippen LogP contribution in [-0.2, 0) is 11.3 Å². The molecule has 148 valence electrons. The summed E-state index contributed by atoms with van der Waals surface area (Å²) in [5.74, 6) is 0.137. The number of nitrogens with zero attached hydrogens (tertiary/aromatic N) is 1. The van der Waals surface area contributed by atoms with Crippen molar-refractivity contribution in [2.45, 2.75) is 70.1 Å². The summed E-state index contributed by atoms with van der Waals surface area (Å²) >= 11 is 0. The van der Waals surface area contributed by atoms with Gasteiger partial charge < -0.3 is 15.2 Å². The number of nitrogens with one attached hydrogen (secondary N) is 1. The number of benzene rings is 1. The van der Waals surface area contributed by atoms with Gasteiger partial charge in [-0.2, -0.15) is 0 Å². The highest BCUT2D eigenvalue weighted by atomic mass is 16.5. The van der Waals surface area contributed by atoms with Crippen LogP contribution < -0.4 is 5.32 Å². The molecule has 0 aliphatic carbocycles. The Bertz CT molecular complexity index is 688. The number of carbonyl (C=O) groups excluding carboxylic acids is 1. The largest absolute Gasteiger partial charge is 0.465 e. The van der Waals surface area contributed by atoms with Gasteiger partial charge in [-0.1, -0.05) is 26.0 Å². The molecule has 27 heavy (non-hydrogen) atoms. The van der Waals surface area contributed by atoms with Crippen molar-refractivity contribution in [1.29, 1.82) is 0 Å². The van der Waals surface area contributed by atoms with Crippen LogP contribution in [-0.4, -0.2) is 46.8 Å². The van der Waals surface area contributed by atoms with Crippen molar-refractivity contribution < 1.29 is 19.4 Å². The first-order valence-corrected chi connectivity index (χ1v) is 9.77. The highest BCUT2D eigenvalue weighted by Gasteiger charge is 2.53. The Hall–Kier alpha value is -2.08. The van der Waals surface area contributed by atoms with E-state index in [1.54, 1.807) is 17.0 Å². The van der Waals surface area contributed by atoms with Crippen molar-refractivity contribution in [3.63, 3.8) is 0 Å². The van der Waals surface area contributed by atoms with Crippen LogP contribution in [0.5, 0.6) is 0 Å². The zero-order valence-corrected chi connectivity index (χ0v) is 16.4. The lowest BCUT2D eigenvalue weighted by Crippen LogP contribution is -2.59. The fraction of sp³-hybridized carbons (Fsp3) is 0.619. The number of fused-ring (bicyclic) bond motifs is 2. The van der Waals surface area contributed by atoms with Crippen LogP contribution in [0.1, 0.15) is 61.9 Å². The van der Waals surface area contributed by atoms with Crippen LogP contribution in [0.2, 0.25) is 0 Å². The van der Waals surface area contributed by atoms with Crippen molar-refractivity contribution in [1.82, 2.24) is 10.2 Å². The molecule has 2 fully saturated rings. The third-order valence-electron chi connectivity index (χ3n) is 5.97. The normalized spacial score (nSPS) is 27.0. The molecule has 0 aromatic heterocycles. The van der Waals surface area contributed by atoms with E-state index >= 15 is 0 Å². The lowest BCUT2D eigenvalue weighted by molar-refractivity contribution is 0.0275. The highest BCUT2D eigenvalue weighted by molar-refractivity contribution is 5.89. The number of carboxylic acid groups (broad SMARTS) is 1. The van der Waals surface area contributed by atoms with E-state index < -0.39 is 6.09 Å². The summed E-state index contributed by atoms with van der Waals surface area (Å²) in [6.45, 7) is 5.05. The molecule has 2 aliphatic rings. The summed E-state index contributed by atoms with van der Waals surface area (Å²) < 4.78 is 4.73. The fourth-order valence-corrected chi connectivity index (χ4v) is 5.06. The van der Waals surface area contributed by atoms with Crippen molar-refractivity contribution in [2.75, 3.05) is 7.11 Å². The van der Waals surface area contributed by atoms with Gasteiger partial charge in [0, 0.05) is 24.2 Å². The minimum absolute atomic E-state index is 0.120. The van der Waals surface area contributed by atoms with Crippen LogP contribution in [0.4, 0.5) is 4.79 Å². The van der Waals surface area contributed by atoms with E-state index in [0.29, 0.717) is 24.1 Å². The molecule has 3 atom stereocenters. The third-order valence-corrected chi connectivity index (χ3v) is 5.97. The van der Waals surface area contributed by atoms with Crippen LogP contribution in [0.15, 0.2) is 24.3 Å². The maximum atomic E-state index is 11.9. The van der Waals surface area contributed by atoms with E-state index in [1.807, 2.05) is 12.1 Å². The second-order valence-corrected chi connectivity index (χ2v) is 8.37. The van der Waals surface area contributed by atoms with Crippen molar-refractivity contribution >= 4 is 12.1 Å². The van der Waals surface area contributed by atoms with Gasteiger partial charge in [-0.05, 0) is 55.7 Å². The molecule has 6 heteroatoms. The lowest BCUT2D eigenvalue weighted by Gasteiger charge is -2.47. The van der Waals surface area contributed by atoms with Crippen molar-refractivity contribution in [3.8, 4) is 0 Å². The number of carbonyl (C=O) groups is 2. The van der Waals surface area contributed by atoms with E-state index in [2.05, 4.69) is 19.2 Å². The Kier molecular flexibility index (Phi) is 5.75. The SMILES string of the molecule is COC(=O)c1ccc(CNC2CC3CCC(CC(C)C)(C2)N3C(=O)O)cc1. The van der Waals surface area contributed by atoms with Gasteiger partial charge in [-0.25, -0.2) is 9.59 Å². The Morgan fingerprint density at radius 2 is 2.04 bits per heavy atom. The third kappa shape index (κ3) is 4.10. The molecule has 6 nitrogen and oxygen atoms in total. The smallest absolute Gasteiger partial charge is 0.408 e. The first-order valence-electron chi connectivity index (χ1n) is 9.77. The molecule has 1 aromatic rings. The van der Waals surface area contributed by atoms with Gasteiger partial charge >= 0.3 is 12.1 Å². The molecule has 0 spiro atoms. The van der Waals surface area contributed by atoms with Crippen molar-refractivity contribution in [3.05, 3.63) is 35.4 Å². The Balaban J connectivity index is 1.65. The van der Waals surface area contributed by atoms with Crippen LogP contribution >= 0.6 is 0 Å². The quantitative estimate of drug-likeness (QED) is 0.743. The highest BCUT2D eigenvalue weighted by Crippen LogP contribution is 2.47. The van der Waals surface area contributed by atoms with Gasteiger partial charge in [-0.3, -0.25) is 4.90 Å². The summed E-state index contributed by atoms with van der Waals surface area (Å²) in [6.07, 6.45) is 3.82. The molecule has 2 bridgehead atoms. The van der Waals surface area contributed by atoms with Gasteiger partial charge in [0.2, 0.25) is 0 Å². The van der Waals surface area contributed by atoms with Gasteiger partial charge in [0.05, 0.1) is 12.7 Å². The molecule has 0 radical (unpaired) electrons. The van der Waals surface area contributed by atoms with Gasteiger partial charge in [0.15, 0.2) is 0 Å². The number of rotatable bonds is 6. The molecule has 2 saturated heterocycles. The van der Waals surface area contributed by atoms with Crippen LogP contribution in [0.3, 0.4) is 0 Å². The number of methoxy groups -OCH3 is 1. The minimum Gasteiger partial charge on any atom is -0.465 e. The van der Waals surface area contributed by atoms with Gasteiger partial charge in [0.25, 0.3) is 0 Å². The number of esters is 1. The second-order valence-electron chi connectivity index (χ2n) is 8.37. The summed E-state index contributed by atoms with van der Waals surface area (Å²) in [4.78, 5) is 25.2. The Morgan fingerprint density at radius 1 is 1.33 bits per heavy atom. The standard InChI is InChI=1S/C21H30N2O4/c1-14(2)11-21-9-8-18(23(21)20(25)26)10-17(12-21)22-13-15-4-6-16(7-5-15)19(24)27-3/h4-7,14,17-18,22H,8-13H2,1-3H3,(H,25,26). The lowest BCUT2D eigenvalue weighted by atomic mass is 9.79. The van der Waals surface area contributed by atoms with E-state index in [9.17, 15) is 14.7 Å². The van der Waals surface area contributed by atoms with Crippen LogP contribution in [0, 0.1) is 5.92 Å². The molecule has 2 aliphatic heterocycles. The first-order chi connectivity index (χ1) is 12.8. The average Bonchev–Trinajstić information content (AvgIpc) is 2.86. The average molecular weight is 374 g/mol. The second kappa shape index (κ2) is 7.89. The molecular weight excluding hydrogens is 344 g/mol. The molecule has 3 unspecified atom stereocenters. The van der Waals surface area contributed by atoms with Crippen LogP contribution in [0.25, 0.3) is 0 Å². The summed E-state index contributed by atoms with van der Waals surface area (Å²) in [7, 11) is 1.38. The van der Waals surface area contributed by atoms with E-state index in [4.69, 9.17) is 4.74 Å². The number of ether oxygens (including phenoxy) is 1. The Labute approximate surface area is 160 Å². The summed E-state index contributed by atoms with van der Waals surface area (Å²) in [5, 5.41) is 13.4. The fourth-order valence-electron chi connectivity index (χ4n) is 5.06. The molecule has 0 saturated carbocycles. The molecular formula is C21H30N2O4. The minimum atomic E-state index is -0.769. The number of hydrogen-bond donors (Lipinski definition) is 2. The summed E-state index contributed by atoms with van der Waals surface area (Å²) in [6, 6.07) is 7.86. The topological polar surface area (TPSA) is 78.9 Å². The molecule has 2 N–H and O–H groups in total. The molecule has 1 amide bonds. The number of amides is 1. The van der Waals surface area contributed by atoms with E-state index in [1.165, 1.54) is 7.11 Å². The molecule has 2 heterocycles. The van der Waals surface area contributed by atoms with Gasteiger partial charge in [-0.15, -0.1) is 0 Å². The predicted molar refractivity (Wildman–Crippen MR) is 103 cm³/mol. The zero-order chi connectivity index (χ0) is 19.6. The number of hydrogen-bond acceptors (Lipinski definition) is 4. The zero-order valence-electron chi connectivity index (χ0n) is 16.4. The van der Waals surface area contributed by atoms with Gasteiger partial charge in [0.1, 0.15) is 0 Å². The predicted octanol–water partition coefficient (Wildman–Crippen LogP) is 3.65.